The summed E-state index contributed by atoms with van der Waals surface area (Å²) in [6, 6.07) is 3.94. The Kier molecular flexibility index (Phi) is 12.6. The summed E-state index contributed by atoms with van der Waals surface area (Å²) in [6.45, 7) is 20.5. The molecule has 0 bridgehead atoms. The van der Waals surface area contributed by atoms with Crippen molar-refractivity contribution in [3.63, 3.8) is 0 Å². The number of benzene rings is 1. The Morgan fingerprint density at radius 1 is 1.26 bits per heavy atom. The molecule has 27 heavy (non-hydrogen) atoms. The van der Waals surface area contributed by atoms with Crippen LogP contribution in [0.2, 0.25) is 18.1 Å². The monoisotopic (exact) mass is 483 g/mol. The summed E-state index contributed by atoms with van der Waals surface area (Å²) in [7, 11) is -0.335. The molecule has 151 valence electrons. The van der Waals surface area contributed by atoms with Crippen LogP contribution in [0.4, 0.5) is 0 Å². The van der Waals surface area contributed by atoms with Gasteiger partial charge in [0, 0.05) is 32.7 Å². The molecule has 0 heterocycles. The Hall–Kier alpha value is -0.229. The number of allylic oxidation sites excluding steroid dienone is 1. The fraction of sp³-hybridized carbons (Fsp3) is 0.476. The van der Waals surface area contributed by atoms with Crippen LogP contribution in [0.5, 0.6) is 11.5 Å². The van der Waals surface area contributed by atoms with E-state index in [1.54, 1.807) is 14.0 Å². The van der Waals surface area contributed by atoms with Gasteiger partial charge in [-0.2, -0.15) is 31.0 Å². The molecule has 3 nitrogen and oxygen atoms in total. The van der Waals surface area contributed by atoms with Crippen LogP contribution >= 0.6 is 13.5 Å². The summed E-state index contributed by atoms with van der Waals surface area (Å²) in [5.74, 6) is 1.49. The number of carbonyl (C=O) groups is 1. The van der Waals surface area contributed by atoms with E-state index in [1.165, 1.54) is 0 Å². The van der Waals surface area contributed by atoms with Crippen molar-refractivity contribution in [3.05, 3.63) is 48.8 Å². The van der Waals surface area contributed by atoms with Crippen molar-refractivity contribution < 1.29 is 46.7 Å². The summed E-state index contributed by atoms with van der Waals surface area (Å²) in [5, 5.41) is 0.0986. The Morgan fingerprint density at radius 2 is 1.81 bits per heavy atom. The van der Waals surface area contributed by atoms with E-state index < -0.39 is 8.32 Å². The third kappa shape index (κ3) is 7.96. The first-order chi connectivity index (χ1) is 11.4. The van der Waals surface area contributed by atoms with Gasteiger partial charge in [0.1, 0.15) is 17.3 Å². The zero-order valence-corrected chi connectivity index (χ0v) is 22.7. The molecule has 0 saturated heterocycles. The third-order valence-corrected chi connectivity index (χ3v) is 9.19. The summed E-state index contributed by atoms with van der Waals surface area (Å²) in [4.78, 5) is 11.8. The Labute approximate surface area is 199 Å². The summed E-state index contributed by atoms with van der Waals surface area (Å²) < 4.78 is 12.0. The van der Waals surface area contributed by atoms with E-state index in [-0.39, 0.29) is 57.0 Å². The number of Topliss-reactive ketones (excluding diaryl/α,β-unsaturated/α-hetero) is 1. The first kappa shape index (κ1) is 29.0. The molecular formula is C21H34O3SSiY-2. The zero-order chi connectivity index (χ0) is 19.4. The Balaban J connectivity index is 0. The van der Waals surface area contributed by atoms with Gasteiger partial charge in [-0.15, -0.1) is 6.07 Å². The quantitative estimate of drug-likeness (QED) is 0.272. The normalized spacial score (nSPS) is 11.0. The van der Waals surface area contributed by atoms with Gasteiger partial charge in [-0.1, -0.05) is 33.4 Å². The molecule has 1 aromatic carbocycles. The van der Waals surface area contributed by atoms with Crippen molar-refractivity contribution in [2.24, 2.45) is 0 Å². The van der Waals surface area contributed by atoms with Crippen molar-refractivity contribution in [1.29, 1.82) is 0 Å². The molecular weight excluding hydrogens is 449 g/mol. The number of rotatable bonds is 8. The molecule has 0 N–H and O–H groups in total. The molecule has 0 unspecified atom stereocenters. The van der Waals surface area contributed by atoms with Crippen molar-refractivity contribution in [2.45, 2.75) is 58.7 Å². The summed E-state index contributed by atoms with van der Waals surface area (Å²) in [6.07, 6.45) is 2.86. The van der Waals surface area contributed by atoms with Crippen LogP contribution in [0.25, 0.3) is 0 Å². The Bertz CT molecular complexity index is 652. The van der Waals surface area contributed by atoms with Crippen LogP contribution in [-0.4, -0.2) is 21.2 Å². The maximum Gasteiger partial charge on any atom is 0.250 e. The van der Waals surface area contributed by atoms with E-state index in [1.807, 2.05) is 18.6 Å². The van der Waals surface area contributed by atoms with Gasteiger partial charge < -0.3 is 16.1 Å². The fourth-order valence-corrected chi connectivity index (χ4v) is 3.08. The van der Waals surface area contributed by atoms with Crippen LogP contribution < -0.4 is 9.16 Å². The standard InChI is InChI=1S/C21H32O3Si.H2S.Y/c1-10-16-13-20(24-25(8,9)21(4,5)6)19(23-7)14-17(16)11-12-18(22)15(2)3;;/h11,13-14H,1-2,10,12H2,3-9H3;1H2;/q-2;;. The molecule has 0 aliphatic heterocycles. The molecule has 0 amide bonds. The van der Waals surface area contributed by atoms with E-state index in [0.29, 0.717) is 24.2 Å². The van der Waals surface area contributed by atoms with Crippen LogP contribution in [0.15, 0.2) is 24.3 Å². The number of carbonyl (C=O) groups excluding carboxylic acids is 1. The smallest absolute Gasteiger partial charge is 0.250 e. The number of ketones is 1. The van der Waals surface area contributed by atoms with E-state index in [9.17, 15) is 4.79 Å². The molecule has 1 aromatic rings. The molecule has 0 atom stereocenters. The molecule has 6 heteroatoms. The minimum Gasteiger partial charge on any atom is -0.542 e. The van der Waals surface area contributed by atoms with Crippen molar-refractivity contribution in [1.82, 2.24) is 0 Å². The number of methoxy groups -OCH3 is 1. The first-order valence-electron chi connectivity index (χ1n) is 8.64. The SMILES string of the molecule is C=C(C)C(=O)C[CH-]c1cc(OC)c(O[Si](C)(C)C(C)(C)C)cc1C[CH2-].S.[Y]. The molecule has 0 fully saturated rings. The molecule has 0 spiro atoms. The molecule has 0 saturated carbocycles. The molecule has 1 radical (unpaired) electrons. The van der Waals surface area contributed by atoms with Crippen LogP contribution in [0, 0.1) is 13.3 Å². The maximum atomic E-state index is 11.8. The maximum absolute atomic E-state index is 11.8. The number of hydrogen-bond donors (Lipinski definition) is 0. The van der Waals surface area contributed by atoms with Crippen molar-refractivity contribution in [2.75, 3.05) is 7.11 Å². The second-order valence-electron chi connectivity index (χ2n) is 7.93. The average molecular weight is 484 g/mol. The van der Waals surface area contributed by atoms with Gasteiger partial charge in [-0.05, 0) is 37.0 Å². The van der Waals surface area contributed by atoms with E-state index >= 15 is 0 Å². The van der Waals surface area contributed by atoms with Gasteiger partial charge in [0.2, 0.25) is 0 Å². The van der Waals surface area contributed by atoms with Crippen LogP contribution in [0.3, 0.4) is 0 Å². The number of ether oxygens (including phenoxy) is 1. The molecule has 0 aliphatic rings. The predicted octanol–water partition coefficient (Wildman–Crippen LogP) is 5.65. The Morgan fingerprint density at radius 3 is 2.22 bits per heavy atom. The minimum absolute atomic E-state index is 0. The van der Waals surface area contributed by atoms with Crippen molar-refractivity contribution in [3.8, 4) is 11.5 Å². The minimum atomic E-state index is -1.97. The zero-order valence-electron chi connectivity index (χ0n) is 17.9. The summed E-state index contributed by atoms with van der Waals surface area (Å²) >= 11 is 0. The number of hydrogen-bond acceptors (Lipinski definition) is 3. The second-order valence-corrected chi connectivity index (χ2v) is 12.7. The molecule has 0 aromatic heterocycles. The second kappa shape index (κ2) is 11.7. The first-order valence-corrected chi connectivity index (χ1v) is 11.5. The topological polar surface area (TPSA) is 35.5 Å². The van der Waals surface area contributed by atoms with Crippen molar-refractivity contribution >= 4 is 27.6 Å². The van der Waals surface area contributed by atoms with Gasteiger partial charge in [0.15, 0.2) is 0 Å². The van der Waals surface area contributed by atoms with E-state index in [2.05, 4.69) is 47.4 Å². The van der Waals surface area contributed by atoms with Crippen LogP contribution in [-0.2, 0) is 43.9 Å². The van der Waals surface area contributed by atoms with Gasteiger partial charge in [-0.3, -0.25) is 4.79 Å². The fourth-order valence-electron chi connectivity index (χ4n) is 2.07. The average Bonchev–Trinajstić information content (AvgIpc) is 2.51. The predicted molar refractivity (Wildman–Crippen MR) is 118 cm³/mol. The largest absolute Gasteiger partial charge is 0.542 e. The van der Waals surface area contributed by atoms with Gasteiger partial charge in [-0.25, -0.2) is 6.42 Å². The van der Waals surface area contributed by atoms with E-state index in [0.717, 1.165) is 16.9 Å². The molecule has 1 rings (SSSR count). The third-order valence-electron chi connectivity index (χ3n) is 4.85. The van der Waals surface area contributed by atoms with Gasteiger partial charge in [0.25, 0.3) is 8.32 Å². The molecule has 0 aliphatic carbocycles. The van der Waals surface area contributed by atoms with Gasteiger partial charge >= 0.3 is 0 Å². The van der Waals surface area contributed by atoms with E-state index in [4.69, 9.17) is 9.16 Å². The summed E-state index contributed by atoms with van der Waals surface area (Å²) in [5.41, 5.74) is 2.57. The van der Waals surface area contributed by atoms with Crippen LogP contribution in [0.1, 0.15) is 45.2 Å². The van der Waals surface area contributed by atoms with Gasteiger partial charge in [0.05, 0.1) is 7.11 Å².